The summed E-state index contributed by atoms with van der Waals surface area (Å²) in [6.45, 7) is 3.12. The Bertz CT molecular complexity index is 1120. The van der Waals surface area contributed by atoms with Gasteiger partial charge in [-0.2, -0.15) is 15.0 Å². The van der Waals surface area contributed by atoms with Gasteiger partial charge >= 0.3 is 0 Å². The van der Waals surface area contributed by atoms with Gasteiger partial charge in [-0.25, -0.2) is 4.98 Å². The van der Waals surface area contributed by atoms with Crippen molar-refractivity contribution in [1.82, 2.24) is 25.0 Å². The quantitative estimate of drug-likeness (QED) is 0.527. The van der Waals surface area contributed by atoms with E-state index in [4.69, 9.17) is 4.98 Å². The van der Waals surface area contributed by atoms with Crippen LogP contribution in [0.25, 0.3) is 16.7 Å². The lowest BCUT2D eigenvalue weighted by molar-refractivity contribution is 0.677. The Hall–Kier alpha value is -2.80. The molecule has 1 aliphatic rings. The van der Waals surface area contributed by atoms with Gasteiger partial charge < -0.3 is 9.88 Å². The summed E-state index contributed by atoms with van der Waals surface area (Å²) in [5.74, 6) is 1.04. The van der Waals surface area contributed by atoms with Crippen molar-refractivity contribution < 1.29 is 0 Å². The van der Waals surface area contributed by atoms with Crippen LogP contribution in [0, 0.1) is 13.0 Å². The third-order valence-electron chi connectivity index (χ3n) is 5.32. The van der Waals surface area contributed by atoms with E-state index < -0.39 is 0 Å². The monoisotopic (exact) mass is 389 g/mol. The molecule has 6 nitrogen and oxygen atoms in total. The highest BCUT2D eigenvalue weighted by Gasteiger charge is 2.29. The molecule has 1 N–H and O–H groups in total. The molecule has 2 aromatic carbocycles. The predicted molar refractivity (Wildman–Crippen MR) is 112 cm³/mol. The molecule has 0 aliphatic carbocycles. The minimum atomic E-state index is 0.255. The topological polar surface area (TPSA) is 62.6 Å². The number of hydrogen-bond acceptors (Lipinski definition) is 5. The van der Waals surface area contributed by atoms with Crippen LogP contribution in [-0.2, 0) is 0 Å². The van der Waals surface area contributed by atoms with E-state index in [0.717, 1.165) is 47.5 Å². The molecule has 1 fully saturated rings. The van der Waals surface area contributed by atoms with Crippen molar-refractivity contribution in [3.05, 3.63) is 60.2 Å². The Labute approximate surface area is 168 Å². The van der Waals surface area contributed by atoms with Crippen molar-refractivity contribution in [3.8, 4) is 5.69 Å². The molecule has 0 spiro atoms. The standard InChI is InChI=1S/C21H21N6S/c1-14-12-15(27-22-9-10-23-27)5-8-19(14)26-11-3-4-20(26)21-24-17-7-6-16(28-2)13-18(17)25-21/h5-10,13,20H,3-4,11H2,1-2H3,(H,24,25)/t20-/m0/s1. The van der Waals surface area contributed by atoms with Crippen molar-refractivity contribution in [2.75, 3.05) is 17.7 Å². The fourth-order valence-electron chi connectivity index (χ4n) is 3.98. The van der Waals surface area contributed by atoms with E-state index >= 15 is 0 Å². The zero-order valence-electron chi connectivity index (χ0n) is 15.9. The average Bonchev–Trinajstić information content (AvgIpc) is 3.46. The SMILES string of the molecule is CSc1ccc2nc([C@@H]3CCCN3c3ccc(-n4nccn4)[c]c3C)[nH]c2c1. The van der Waals surface area contributed by atoms with Crippen molar-refractivity contribution in [2.24, 2.45) is 0 Å². The van der Waals surface area contributed by atoms with Crippen molar-refractivity contribution >= 4 is 28.5 Å². The maximum atomic E-state index is 4.89. The van der Waals surface area contributed by atoms with Crippen molar-refractivity contribution in [3.63, 3.8) is 0 Å². The number of thioether (sulfide) groups is 1. The molecule has 4 aromatic rings. The van der Waals surface area contributed by atoms with Crippen LogP contribution in [-0.4, -0.2) is 37.8 Å². The van der Waals surface area contributed by atoms with Crippen LogP contribution in [0.1, 0.15) is 30.3 Å². The van der Waals surface area contributed by atoms with Gasteiger partial charge in [0.1, 0.15) is 5.82 Å². The summed E-state index contributed by atoms with van der Waals surface area (Å²) in [5, 5.41) is 8.40. The lowest BCUT2D eigenvalue weighted by Crippen LogP contribution is -2.24. The molecule has 5 rings (SSSR count). The fraction of sp³-hybridized carbons (Fsp3) is 0.286. The number of anilines is 1. The van der Waals surface area contributed by atoms with Crippen LogP contribution in [0.5, 0.6) is 0 Å². The molecular formula is C21H21N6S. The summed E-state index contributed by atoms with van der Waals surface area (Å²) in [6.07, 6.45) is 7.70. The number of imidazole rings is 1. The largest absolute Gasteiger partial charge is 0.361 e. The number of aromatic nitrogens is 5. The van der Waals surface area contributed by atoms with Gasteiger partial charge in [0.25, 0.3) is 0 Å². The summed E-state index contributed by atoms with van der Waals surface area (Å²) in [6, 6.07) is 14.3. The van der Waals surface area contributed by atoms with Gasteiger partial charge in [-0.3, -0.25) is 0 Å². The molecule has 28 heavy (non-hydrogen) atoms. The lowest BCUT2D eigenvalue weighted by Gasteiger charge is -2.27. The number of hydrogen-bond donors (Lipinski definition) is 1. The second-order valence-electron chi connectivity index (χ2n) is 7.03. The van der Waals surface area contributed by atoms with Crippen LogP contribution in [0.3, 0.4) is 0 Å². The molecular weight excluding hydrogens is 368 g/mol. The first-order valence-corrected chi connectivity index (χ1v) is 10.7. The first-order valence-electron chi connectivity index (χ1n) is 9.43. The summed E-state index contributed by atoms with van der Waals surface area (Å²) in [5.41, 5.74) is 5.29. The maximum Gasteiger partial charge on any atom is 0.130 e. The van der Waals surface area contributed by atoms with E-state index in [1.807, 2.05) is 6.07 Å². The Balaban J connectivity index is 1.48. The van der Waals surface area contributed by atoms with Crippen LogP contribution in [0.2, 0.25) is 0 Å². The zero-order chi connectivity index (χ0) is 19.1. The Morgan fingerprint density at radius 1 is 1.18 bits per heavy atom. The first-order chi connectivity index (χ1) is 13.7. The van der Waals surface area contributed by atoms with E-state index in [2.05, 4.69) is 63.6 Å². The average molecular weight is 390 g/mol. The Kier molecular flexibility index (Phi) is 4.31. The number of aromatic amines is 1. The minimum Gasteiger partial charge on any atom is -0.361 e. The summed E-state index contributed by atoms with van der Waals surface area (Å²) in [4.78, 5) is 13.7. The number of nitrogens with zero attached hydrogens (tertiary/aromatic N) is 5. The molecule has 1 saturated heterocycles. The van der Waals surface area contributed by atoms with E-state index in [1.165, 1.54) is 10.6 Å². The van der Waals surface area contributed by atoms with E-state index in [9.17, 15) is 0 Å². The number of H-pyrrole nitrogens is 1. The van der Waals surface area contributed by atoms with E-state index in [0.29, 0.717) is 0 Å². The second kappa shape index (κ2) is 6.98. The number of rotatable bonds is 4. The van der Waals surface area contributed by atoms with Crippen LogP contribution in [0.15, 0.2) is 47.6 Å². The predicted octanol–water partition coefficient (Wildman–Crippen LogP) is 4.32. The second-order valence-corrected chi connectivity index (χ2v) is 7.91. The van der Waals surface area contributed by atoms with Crippen LogP contribution in [0.4, 0.5) is 5.69 Å². The van der Waals surface area contributed by atoms with Gasteiger partial charge in [0.2, 0.25) is 0 Å². The van der Waals surface area contributed by atoms with E-state index in [1.54, 1.807) is 29.0 Å². The third-order valence-corrected chi connectivity index (χ3v) is 6.04. The Morgan fingerprint density at radius 2 is 2.04 bits per heavy atom. The number of benzene rings is 2. The van der Waals surface area contributed by atoms with Gasteiger partial charge in [-0.1, -0.05) is 0 Å². The fourth-order valence-corrected chi connectivity index (χ4v) is 4.42. The highest BCUT2D eigenvalue weighted by Crippen LogP contribution is 2.37. The molecule has 2 aromatic heterocycles. The lowest BCUT2D eigenvalue weighted by atomic mass is 10.1. The van der Waals surface area contributed by atoms with Gasteiger partial charge in [-0.05, 0) is 61.9 Å². The highest BCUT2D eigenvalue weighted by atomic mass is 32.2. The number of fused-ring (bicyclic) bond motifs is 1. The van der Waals surface area contributed by atoms with Crippen LogP contribution >= 0.6 is 11.8 Å². The van der Waals surface area contributed by atoms with Gasteiger partial charge in [-0.15, -0.1) is 11.8 Å². The number of aryl methyl sites for hydroxylation is 1. The van der Waals surface area contributed by atoms with Crippen molar-refractivity contribution in [2.45, 2.75) is 30.7 Å². The molecule has 1 radical (unpaired) electrons. The van der Waals surface area contributed by atoms with Gasteiger partial charge in [0, 0.05) is 23.2 Å². The molecule has 3 heterocycles. The summed E-state index contributed by atoms with van der Waals surface area (Å²) < 4.78 is 0. The summed E-state index contributed by atoms with van der Waals surface area (Å²) >= 11 is 1.75. The molecule has 1 aliphatic heterocycles. The van der Waals surface area contributed by atoms with Gasteiger partial charge in [0.15, 0.2) is 0 Å². The molecule has 0 unspecified atom stereocenters. The summed E-state index contributed by atoms with van der Waals surface area (Å²) in [7, 11) is 0. The van der Waals surface area contributed by atoms with E-state index in [-0.39, 0.29) is 6.04 Å². The number of nitrogens with one attached hydrogen (secondary N) is 1. The molecule has 141 valence electrons. The maximum absolute atomic E-state index is 4.89. The molecule has 1 atom stereocenters. The molecule has 7 heteroatoms. The molecule has 0 amide bonds. The highest BCUT2D eigenvalue weighted by molar-refractivity contribution is 7.98. The zero-order valence-corrected chi connectivity index (χ0v) is 16.7. The third kappa shape index (κ3) is 2.96. The Morgan fingerprint density at radius 3 is 2.82 bits per heavy atom. The first kappa shape index (κ1) is 17.3. The molecule has 0 saturated carbocycles. The minimum absolute atomic E-state index is 0.255. The van der Waals surface area contributed by atoms with Crippen LogP contribution < -0.4 is 4.90 Å². The normalized spacial score (nSPS) is 16.9. The molecule has 0 bridgehead atoms. The smallest absolute Gasteiger partial charge is 0.130 e. The van der Waals surface area contributed by atoms with Gasteiger partial charge in [0.05, 0.1) is 35.2 Å². The van der Waals surface area contributed by atoms with Crippen molar-refractivity contribution in [1.29, 1.82) is 0 Å².